The molecule has 0 saturated carbocycles. The van der Waals surface area contributed by atoms with Crippen molar-refractivity contribution >= 4 is 0 Å². The van der Waals surface area contributed by atoms with Gasteiger partial charge < -0.3 is 15.4 Å². The average Bonchev–Trinajstić information content (AvgIpc) is 2.77. The number of hydrogen-bond donors (Lipinski definition) is 1. The Labute approximate surface area is 111 Å². The molecule has 0 aromatic carbocycles. The number of nitrogens with two attached hydrogens (primary N) is 1. The molecule has 0 radical (unpaired) electrons. The summed E-state index contributed by atoms with van der Waals surface area (Å²) >= 11 is 0. The highest BCUT2D eigenvalue weighted by Gasteiger charge is 2.29. The first-order valence-electron chi connectivity index (χ1n) is 7.45. The molecule has 2 heterocycles. The Morgan fingerprint density at radius 1 is 1.22 bits per heavy atom. The zero-order valence-electron chi connectivity index (χ0n) is 12.0. The van der Waals surface area contributed by atoms with Crippen molar-refractivity contribution in [1.29, 1.82) is 0 Å². The first kappa shape index (κ1) is 14.3. The molecular formula is C14H29N3O. The summed E-state index contributed by atoms with van der Waals surface area (Å²) in [5, 5.41) is 0. The molecule has 0 bridgehead atoms. The second-order valence-electron chi connectivity index (χ2n) is 6.24. The van der Waals surface area contributed by atoms with Crippen LogP contribution in [0, 0.1) is 5.92 Å². The van der Waals surface area contributed by atoms with Crippen molar-refractivity contribution < 1.29 is 4.74 Å². The summed E-state index contributed by atoms with van der Waals surface area (Å²) in [6, 6.07) is 1.08. The first-order valence-corrected chi connectivity index (χ1v) is 7.45. The molecule has 4 heteroatoms. The Hall–Kier alpha value is -0.160. The lowest BCUT2D eigenvalue weighted by Gasteiger charge is -2.32. The van der Waals surface area contributed by atoms with Crippen LogP contribution < -0.4 is 5.73 Å². The van der Waals surface area contributed by atoms with Crippen LogP contribution in [0.25, 0.3) is 0 Å². The Bertz CT molecular complexity index is 241. The SMILES string of the molecule is CC(C)C[C@H](N)CN1CCC(N2CCOCC2)C1. The van der Waals surface area contributed by atoms with Crippen molar-refractivity contribution in [2.45, 2.75) is 38.8 Å². The number of rotatable bonds is 5. The minimum Gasteiger partial charge on any atom is -0.379 e. The minimum atomic E-state index is 0.341. The number of ether oxygens (including phenoxy) is 1. The van der Waals surface area contributed by atoms with Crippen molar-refractivity contribution in [3.8, 4) is 0 Å². The molecule has 4 nitrogen and oxygen atoms in total. The van der Waals surface area contributed by atoms with Gasteiger partial charge in [0.2, 0.25) is 0 Å². The first-order chi connectivity index (χ1) is 8.65. The third kappa shape index (κ3) is 4.19. The maximum absolute atomic E-state index is 6.20. The van der Waals surface area contributed by atoms with E-state index in [0.29, 0.717) is 12.0 Å². The summed E-state index contributed by atoms with van der Waals surface area (Å²) in [5.74, 6) is 0.706. The number of hydrogen-bond acceptors (Lipinski definition) is 4. The summed E-state index contributed by atoms with van der Waals surface area (Å²) in [6.07, 6.45) is 2.44. The van der Waals surface area contributed by atoms with E-state index in [0.717, 1.165) is 45.3 Å². The molecule has 2 rings (SSSR count). The largest absolute Gasteiger partial charge is 0.379 e. The van der Waals surface area contributed by atoms with E-state index in [1.54, 1.807) is 0 Å². The molecule has 106 valence electrons. The van der Waals surface area contributed by atoms with E-state index in [-0.39, 0.29) is 0 Å². The molecule has 2 saturated heterocycles. The fraction of sp³-hybridized carbons (Fsp3) is 1.00. The van der Waals surface area contributed by atoms with Crippen LogP contribution in [0.3, 0.4) is 0 Å². The van der Waals surface area contributed by atoms with E-state index >= 15 is 0 Å². The average molecular weight is 255 g/mol. The van der Waals surface area contributed by atoms with Gasteiger partial charge in [0.25, 0.3) is 0 Å². The van der Waals surface area contributed by atoms with E-state index in [1.807, 2.05) is 0 Å². The maximum Gasteiger partial charge on any atom is 0.0594 e. The summed E-state index contributed by atoms with van der Waals surface area (Å²) in [7, 11) is 0. The molecule has 2 N–H and O–H groups in total. The second-order valence-corrected chi connectivity index (χ2v) is 6.24. The Morgan fingerprint density at radius 3 is 2.61 bits per heavy atom. The van der Waals surface area contributed by atoms with Crippen LogP contribution in [0.5, 0.6) is 0 Å². The summed E-state index contributed by atoms with van der Waals surface area (Å²) in [4.78, 5) is 5.14. The maximum atomic E-state index is 6.20. The van der Waals surface area contributed by atoms with Crippen LogP contribution >= 0.6 is 0 Å². The van der Waals surface area contributed by atoms with Gasteiger partial charge in [0.05, 0.1) is 13.2 Å². The zero-order valence-corrected chi connectivity index (χ0v) is 12.0. The molecule has 2 aliphatic rings. The number of morpholine rings is 1. The lowest BCUT2D eigenvalue weighted by atomic mass is 10.0. The standard InChI is InChI=1S/C14H29N3O/c1-12(2)9-13(15)10-16-4-3-14(11-16)17-5-7-18-8-6-17/h12-14H,3-11,15H2,1-2H3/t13-,14?/m0/s1. The van der Waals surface area contributed by atoms with Gasteiger partial charge in [-0.05, 0) is 25.3 Å². The molecule has 0 aromatic rings. The fourth-order valence-corrected chi connectivity index (χ4v) is 3.23. The van der Waals surface area contributed by atoms with Crippen LogP contribution in [0.4, 0.5) is 0 Å². The van der Waals surface area contributed by atoms with Crippen molar-refractivity contribution in [1.82, 2.24) is 9.80 Å². The van der Waals surface area contributed by atoms with E-state index in [1.165, 1.54) is 19.5 Å². The Balaban J connectivity index is 1.70. The zero-order chi connectivity index (χ0) is 13.0. The lowest BCUT2D eigenvalue weighted by Crippen LogP contribution is -2.45. The molecular weight excluding hydrogens is 226 g/mol. The monoisotopic (exact) mass is 255 g/mol. The number of likely N-dealkylation sites (tertiary alicyclic amines) is 1. The molecule has 0 aliphatic carbocycles. The van der Waals surface area contributed by atoms with Crippen molar-refractivity contribution in [2.75, 3.05) is 45.9 Å². The van der Waals surface area contributed by atoms with Crippen molar-refractivity contribution in [3.05, 3.63) is 0 Å². The van der Waals surface area contributed by atoms with Crippen LogP contribution in [0.2, 0.25) is 0 Å². The van der Waals surface area contributed by atoms with Crippen LogP contribution in [0.15, 0.2) is 0 Å². The second kappa shape index (κ2) is 6.85. The normalized spacial score (nSPS) is 29.0. The van der Waals surface area contributed by atoms with Gasteiger partial charge in [-0.1, -0.05) is 13.8 Å². The third-order valence-electron chi connectivity index (χ3n) is 4.08. The van der Waals surface area contributed by atoms with Crippen LogP contribution in [0.1, 0.15) is 26.7 Å². The molecule has 2 aliphatic heterocycles. The molecule has 0 spiro atoms. The molecule has 18 heavy (non-hydrogen) atoms. The minimum absolute atomic E-state index is 0.341. The molecule has 0 amide bonds. The van der Waals surface area contributed by atoms with Gasteiger partial charge in [-0.25, -0.2) is 0 Å². The van der Waals surface area contributed by atoms with E-state index in [2.05, 4.69) is 23.6 Å². The summed E-state index contributed by atoms with van der Waals surface area (Å²) < 4.78 is 5.42. The van der Waals surface area contributed by atoms with Gasteiger partial charge in [-0.2, -0.15) is 0 Å². The summed E-state index contributed by atoms with van der Waals surface area (Å²) in [6.45, 7) is 12.0. The van der Waals surface area contributed by atoms with Crippen LogP contribution in [-0.2, 0) is 4.74 Å². The van der Waals surface area contributed by atoms with E-state index in [9.17, 15) is 0 Å². The Morgan fingerprint density at radius 2 is 1.94 bits per heavy atom. The van der Waals surface area contributed by atoms with Gasteiger partial charge in [-0.3, -0.25) is 4.90 Å². The highest BCUT2D eigenvalue weighted by molar-refractivity contribution is 4.86. The molecule has 0 aromatic heterocycles. The van der Waals surface area contributed by atoms with Gasteiger partial charge in [0, 0.05) is 38.3 Å². The number of nitrogens with zero attached hydrogens (tertiary/aromatic N) is 2. The topological polar surface area (TPSA) is 41.7 Å². The van der Waals surface area contributed by atoms with Crippen molar-refractivity contribution in [2.24, 2.45) is 11.7 Å². The lowest BCUT2D eigenvalue weighted by molar-refractivity contribution is 0.0184. The molecule has 1 unspecified atom stereocenters. The van der Waals surface area contributed by atoms with Gasteiger partial charge in [-0.15, -0.1) is 0 Å². The summed E-state index contributed by atoms with van der Waals surface area (Å²) in [5.41, 5.74) is 6.20. The quantitative estimate of drug-likeness (QED) is 0.788. The fourth-order valence-electron chi connectivity index (χ4n) is 3.23. The van der Waals surface area contributed by atoms with Gasteiger partial charge >= 0.3 is 0 Å². The van der Waals surface area contributed by atoms with Gasteiger partial charge in [0.15, 0.2) is 0 Å². The van der Waals surface area contributed by atoms with Gasteiger partial charge in [0.1, 0.15) is 0 Å². The van der Waals surface area contributed by atoms with Crippen LogP contribution in [-0.4, -0.2) is 67.8 Å². The predicted molar refractivity (Wildman–Crippen MR) is 74.7 cm³/mol. The van der Waals surface area contributed by atoms with Crippen molar-refractivity contribution in [3.63, 3.8) is 0 Å². The molecule has 2 fully saturated rings. The Kier molecular flexibility index (Phi) is 5.42. The van der Waals surface area contributed by atoms with E-state index in [4.69, 9.17) is 10.5 Å². The third-order valence-corrected chi connectivity index (χ3v) is 4.08. The highest BCUT2D eigenvalue weighted by atomic mass is 16.5. The molecule has 2 atom stereocenters. The smallest absolute Gasteiger partial charge is 0.0594 e. The predicted octanol–water partition coefficient (Wildman–Crippen LogP) is 0.766. The highest BCUT2D eigenvalue weighted by Crippen LogP contribution is 2.17. The van der Waals surface area contributed by atoms with E-state index < -0.39 is 0 Å².